The third-order valence-electron chi connectivity index (χ3n) is 2.94. The summed E-state index contributed by atoms with van der Waals surface area (Å²) in [7, 11) is 1.57. The van der Waals surface area contributed by atoms with Crippen LogP contribution in [0.3, 0.4) is 0 Å². The maximum Gasteiger partial charge on any atom is 0.294 e. The number of carbonyl (C=O) groups excluding carboxylic acids is 1. The van der Waals surface area contributed by atoms with Crippen molar-refractivity contribution in [3.05, 3.63) is 27.8 Å². The molecule has 0 bridgehead atoms. The minimum absolute atomic E-state index is 0.0444. The second-order valence-electron chi connectivity index (χ2n) is 4.25. The maximum absolute atomic E-state index is 11.3. The molecule has 0 spiro atoms. The monoisotopic (exact) mass is 265 g/mol. The van der Waals surface area contributed by atoms with Crippen molar-refractivity contribution >= 4 is 23.0 Å². The number of anilines is 2. The molecule has 0 fully saturated rings. The van der Waals surface area contributed by atoms with Gasteiger partial charge in [0.15, 0.2) is 0 Å². The number of nitrogens with one attached hydrogen (secondary N) is 2. The molecule has 1 aromatic carbocycles. The summed E-state index contributed by atoms with van der Waals surface area (Å²) in [5.41, 5.74) is 1.85. The molecule has 0 aromatic heterocycles. The molecule has 19 heavy (non-hydrogen) atoms. The highest BCUT2D eigenvalue weighted by atomic mass is 16.6. The molecule has 1 aliphatic rings. The molecule has 1 heterocycles. The van der Waals surface area contributed by atoms with Crippen LogP contribution in [0.5, 0.6) is 0 Å². The highest BCUT2D eigenvalue weighted by Crippen LogP contribution is 2.33. The average Bonchev–Trinajstić information content (AvgIpc) is 2.38. The molecule has 0 atom stereocenters. The number of hydrogen-bond donors (Lipinski definition) is 2. The lowest BCUT2D eigenvalue weighted by molar-refractivity contribution is -0.383. The Morgan fingerprint density at radius 2 is 2.26 bits per heavy atom. The van der Waals surface area contributed by atoms with E-state index in [-0.39, 0.29) is 11.6 Å². The lowest BCUT2D eigenvalue weighted by Crippen LogP contribution is -2.19. The normalized spacial score (nSPS) is 13.6. The smallest absolute Gasteiger partial charge is 0.294 e. The van der Waals surface area contributed by atoms with Gasteiger partial charge in [0.25, 0.3) is 5.69 Å². The summed E-state index contributed by atoms with van der Waals surface area (Å²) in [5, 5.41) is 16.7. The van der Waals surface area contributed by atoms with Crippen LogP contribution in [0.15, 0.2) is 12.1 Å². The number of hydrogen-bond acceptors (Lipinski definition) is 5. The molecule has 102 valence electrons. The van der Waals surface area contributed by atoms with Gasteiger partial charge in [-0.1, -0.05) is 0 Å². The minimum Gasteiger partial charge on any atom is -0.383 e. The number of benzene rings is 1. The number of rotatable bonds is 5. The van der Waals surface area contributed by atoms with Crippen LogP contribution in [0.2, 0.25) is 0 Å². The van der Waals surface area contributed by atoms with Gasteiger partial charge in [-0.25, -0.2) is 0 Å². The van der Waals surface area contributed by atoms with Gasteiger partial charge in [0.2, 0.25) is 5.91 Å². The summed E-state index contributed by atoms with van der Waals surface area (Å²) in [6.45, 7) is 0.952. The summed E-state index contributed by atoms with van der Waals surface area (Å²) in [6.07, 6.45) is 1.00. The van der Waals surface area contributed by atoms with Crippen LogP contribution in [0.25, 0.3) is 0 Å². The first kappa shape index (κ1) is 13.3. The third-order valence-corrected chi connectivity index (χ3v) is 2.94. The van der Waals surface area contributed by atoms with E-state index in [1.54, 1.807) is 13.2 Å². The predicted molar refractivity (Wildman–Crippen MR) is 70.4 cm³/mol. The van der Waals surface area contributed by atoms with Crippen molar-refractivity contribution in [2.45, 2.75) is 12.8 Å². The number of aryl methyl sites for hydroxylation is 1. The van der Waals surface area contributed by atoms with Crippen molar-refractivity contribution in [1.82, 2.24) is 0 Å². The zero-order valence-electron chi connectivity index (χ0n) is 10.6. The van der Waals surface area contributed by atoms with Crippen molar-refractivity contribution in [3.8, 4) is 0 Å². The predicted octanol–water partition coefficient (Wildman–Crippen LogP) is 1.54. The quantitative estimate of drug-likeness (QED) is 0.478. The van der Waals surface area contributed by atoms with E-state index in [9.17, 15) is 14.9 Å². The van der Waals surface area contributed by atoms with Crippen LogP contribution >= 0.6 is 0 Å². The second-order valence-corrected chi connectivity index (χ2v) is 4.25. The molecule has 1 aromatic rings. The summed E-state index contributed by atoms with van der Waals surface area (Å²) in [5.74, 6) is -0.109. The zero-order chi connectivity index (χ0) is 13.8. The number of nitro groups is 1. The van der Waals surface area contributed by atoms with E-state index >= 15 is 0 Å². The average molecular weight is 265 g/mol. The number of amides is 1. The van der Waals surface area contributed by atoms with Crippen molar-refractivity contribution in [1.29, 1.82) is 0 Å². The fourth-order valence-corrected chi connectivity index (χ4v) is 2.00. The highest BCUT2D eigenvalue weighted by molar-refractivity contribution is 5.95. The van der Waals surface area contributed by atoms with E-state index in [4.69, 9.17) is 4.74 Å². The molecule has 0 aliphatic carbocycles. The molecule has 7 nitrogen and oxygen atoms in total. The molecular weight excluding hydrogens is 250 g/mol. The third kappa shape index (κ3) is 3.00. The van der Waals surface area contributed by atoms with Crippen molar-refractivity contribution < 1.29 is 14.5 Å². The largest absolute Gasteiger partial charge is 0.383 e. The number of fused-ring (bicyclic) bond motifs is 1. The molecule has 0 saturated heterocycles. The number of ether oxygens (including phenoxy) is 1. The van der Waals surface area contributed by atoms with Gasteiger partial charge in [0.05, 0.1) is 17.2 Å². The molecular formula is C12H15N3O4. The van der Waals surface area contributed by atoms with E-state index in [1.165, 1.54) is 6.07 Å². The molecule has 0 saturated carbocycles. The maximum atomic E-state index is 11.3. The summed E-state index contributed by atoms with van der Waals surface area (Å²) >= 11 is 0. The molecule has 0 radical (unpaired) electrons. The van der Waals surface area contributed by atoms with Gasteiger partial charge in [-0.2, -0.15) is 0 Å². The van der Waals surface area contributed by atoms with Gasteiger partial charge >= 0.3 is 0 Å². The Morgan fingerprint density at radius 1 is 1.47 bits per heavy atom. The topological polar surface area (TPSA) is 93.5 Å². The van der Waals surface area contributed by atoms with E-state index in [1.807, 2.05) is 0 Å². The Labute approximate surface area is 110 Å². The van der Waals surface area contributed by atoms with Gasteiger partial charge in [0, 0.05) is 26.1 Å². The van der Waals surface area contributed by atoms with Crippen molar-refractivity contribution in [3.63, 3.8) is 0 Å². The minimum atomic E-state index is -0.462. The number of methoxy groups -OCH3 is 1. The number of nitrogens with zero attached hydrogens (tertiary/aromatic N) is 1. The molecule has 2 N–H and O–H groups in total. The van der Waals surface area contributed by atoms with Gasteiger partial charge < -0.3 is 15.4 Å². The first-order chi connectivity index (χ1) is 9.11. The van der Waals surface area contributed by atoms with Gasteiger partial charge in [-0.15, -0.1) is 0 Å². The van der Waals surface area contributed by atoms with Crippen LogP contribution < -0.4 is 10.6 Å². The van der Waals surface area contributed by atoms with Crippen LogP contribution in [-0.4, -0.2) is 31.1 Å². The van der Waals surface area contributed by atoms with E-state index < -0.39 is 4.92 Å². The van der Waals surface area contributed by atoms with Crippen molar-refractivity contribution in [2.24, 2.45) is 0 Å². The number of nitro benzene ring substituents is 1. The Kier molecular flexibility index (Phi) is 3.96. The Balaban J connectivity index is 2.30. The Bertz CT molecular complexity index is 516. The van der Waals surface area contributed by atoms with Crippen LogP contribution in [-0.2, 0) is 16.0 Å². The molecule has 1 amide bonds. The van der Waals surface area contributed by atoms with Gasteiger partial charge in [0.1, 0.15) is 5.69 Å². The van der Waals surface area contributed by atoms with Crippen LogP contribution in [0, 0.1) is 10.1 Å². The molecule has 1 aliphatic heterocycles. The SMILES string of the molecule is COCCNc1cc2c(cc1[N+](=O)[O-])NC(=O)CC2. The first-order valence-electron chi connectivity index (χ1n) is 5.96. The lowest BCUT2D eigenvalue weighted by atomic mass is 10.0. The van der Waals surface area contributed by atoms with Gasteiger partial charge in [-0.05, 0) is 18.1 Å². The van der Waals surface area contributed by atoms with Crippen molar-refractivity contribution in [2.75, 3.05) is 30.9 Å². The summed E-state index contributed by atoms with van der Waals surface area (Å²) < 4.78 is 4.90. The van der Waals surface area contributed by atoms with Gasteiger partial charge in [-0.3, -0.25) is 14.9 Å². The summed E-state index contributed by atoms with van der Waals surface area (Å²) in [6, 6.07) is 3.13. The molecule has 7 heteroatoms. The summed E-state index contributed by atoms with van der Waals surface area (Å²) in [4.78, 5) is 21.9. The molecule has 0 unspecified atom stereocenters. The van der Waals surface area contributed by atoms with E-state index in [2.05, 4.69) is 10.6 Å². The molecule has 2 rings (SSSR count). The Morgan fingerprint density at radius 3 is 2.95 bits per heavy atom. The van der Waals surface area contributed by atoms with Crippen LogP contribution in [0.1, 0.15) is 12.0 Å². The number of carbonyl (C=O) groups is 1. The van der Waals surface area contributed by atoms with E-state index in [0.717, 1.165) is 5.56 Å². The highest BCUT2D eigenvalue weighted by Gasteiger charge is 2.22. The first-order valence-corrected chi connectivity index (χ1v) is 5.96. The fraction of sp³-hybridized carbons (Fsp3) is 0.417. The van der Waals surface area contributed by atoms with E-state index in [0.29, 0.717) is 37.4 Å². The Hall–Kier alpha value is -2.15. The second kappa shape index (κ2) is 5.66. The standard InChI is InChI=1S/C12H15N3O4/c1-19-5-4-13-10-6-8-2-3-12(16)14-9(8)7-11(10)15(17)18/h6-7,13H,2-5H2,1H3,(H,14,16). The van der Waals surface area contributed by atoms with Crippen LogP contribution in [0.4, 0.5) is 17.1 Å². The fourth-order valence-electron chi connectivity index (χ4n) is 2.00. The lowest BCUT2D eigenvalue weighted by Gasteiger charge is -2.18. The zero-order valence-corrected chi connectivity index (χ0v) is 10.6.